The number of halogens is 1. The van der Waals surface area contributed by atoms with Crippen LogP contribution in [0, 0.1) is 6.92 Å². The fraction of sp³-hybridized carbons (Fsp3) is 0.571. The maximum absolute atomic E-state index is 4.97. The van der Waals surface area contributed by atoms with Gasteiger partial charge in [0.05, 0.1) is 12.3 Å². The van der Waals surface area contributed by atoms with Crippen molar-refractivity contribution in [2.75, 3.05) is 7.11 Å². The van der Waals surface area contributed by atoms with Crippen LogP contribution in [0.25, 0.3) is 0 Å². The van der Waals surface area contributed by atoms with Crippen LogP contribution in [-0.2, 0) is 16.7 Å². The number of nitrogens with zero attached hydrogens (tertiary/aromatic N) is 1. The van der Waals surface area contributed by atoms with Crippen LogP contribution in [0.1, 0.15) is 15.6 Å². The van der Waals surface area contributed by atoms with E-state index in [2.05, 4.69) is 20.9 Å². The Kier molecular flexibility index (Phi) is 3.48. The Morgan fingerprint density at radius 2 is 2.36 bits per heavy atom. The highest BCUT2D eigenvalue weighted by molar-refractivity contribution is 9.08. The molecule has 0 aliphatic carbocycles. The number of hydrogen-bond acceptors (Lipinski definition) is 3. The molecule has 0 atom stereocenters. The highest BCUT2D eigenvalue weighted by atomic mass is 79.9. The number of thiazole rings is 1. The maximum atomic E-state index is 4.97. The third kappa shape index (κ3) is 2.25. The number of aromatic nitrogens is 1. The average molecular weight is 236 g/mol. The highest BCUT2D eigenvalue weighted by Crippen LogP contribution is 2.20. The topological polar surface area (TPSA) is 22.1 Å². The highest BCUT2D eigenvalue weighted by Gasteiger charge is 2.04. The molecule has 0 saturated heterocycles. The van der Waals surface area contributed by atoms with E-state index in [0.29, 0.717) is 6.61 Å². The Balaban J connectivity index is 2.77. The van der Waals surface area contributed by atoms with Gasteiger partial charge in [0, 0.05) is 17.3 Å². The predicted molar refractivity (Wildman–Crippen MR) is 50.2 cm³/mol. The molecule has 0 aliphatic rings. The molecule has 4 heteroatoms. The van der Waals surface area contributed by atoms with Crippen LogP contribution >= 0.6 is 27.3 Å². The van der Waals surface area contributed by atoms with Gasteiger partial charge in [-0.2, -0.15) is 0 Å². The summed E-state index contributed by atoms with van der Waals surface area (Å²) in [4.78, 5) is 5.62. The van der Waals surface area contributed by atoms with Crippen LogP contribution in [0.3, 0.4) is 0 Å². The minimum Gasteiger partial charge on any atom is -0.378 e. The van der Waals surface area contributed by atoms with Crippen molar-refractivity contribution in [3.05, 3.63) is 15.6 Å². The average Bonchev–Trinajstić information content (AvgIpc) is 2.32. The molecule has 0 saturated carbocycles. The summed E-state index contributed by atoms with van der Waals surface area (Å²) in [6.07, 6.45) is 0. The Bertz CT molecular complexity index is 236. The fourth-order valence-corrected chi connectivity index (χ4v) is 2.44. The molecular formula is C7H10BrNOS. The van der Waals surface area contributed by atoms with Gasteiger partial charge in [-0.3, -0.25) is 0 Å². The van der Waals surface area contributed by atoms with Gasteiger partial charge in [-0.25, -0.2) is 4.98 Å². The quantitative estimate of drug-likeness (QED) is 0.752. The number of aryl methyl sites for hydroxylation is 1. The van der Waals surface area contributed by atoms with Crippen molar-refractivity contribution in [2.45, 2.75) is 18.9 Å². The normalized spacial score (nSPS) is 10.5. The smallest absolute Gasteiger partial charge is 0.119 e. The van der Waals surface area contributed by atoms with Gasteiger partial charge in [-0.15, -0.1) is 11.3 Å². The van der Waals surface area contributed by atoms with Crippen molar-refractivity contribution in [3.63, 3.8) is 0 Å². The van der Waals surface area contributed by atoms with Crippen molar-refractivity contribution in [2.24, 2.45) is 0 Å². The van der Waals surface area contributed by atoms with Crippen LogP contribution in [-0.4, -0.2) is 12.1 Å². The van der Waals surface area contributed by atoms with Gasteiger partial charge >= 0.3 is 0 Å². The zero-order chi connectivity index (χ0) is 8.27. The van der Waals surface area contributed by atoms with E-state index >= 15 is 0 Å². The Hall–Kier alpha value is 0.0700. The molecule has 2 nitrogen and oxygen atoms in total. The molecule has 0 N–H and O–H groups in total. The lowest BCUT2D eigenvalue weighted by molar-refractivity contribution is 0.184. The molecule has 0 unspecified atom stereocenters. The van der Waals surface area contributed by atoms with E-state index in [0.717, 1.165) is 16.0 Å². The van der Waals surface area contributed by atoms with E-state index in [4.69, 9.17) is 4.74 Å². The standard InChI is InChI=1S/C7H10BrNOS/c1-5-6(3-8)11-7(9-5)4-10-2/h3-4H2,1-2H3. The SMILES string of the molecule is COCc1nc(C)c(CBr)s1. The van der Waals surface area contributed by atoms with Gasteiger partial charge in [-0.1, -0.05) is 15.9 Å². The lowest BCUT2D eigenvalue weighted by atomic mass is 10.4. The Morgan fingerprint density at radius 3 is 2.82 bits per heavy atom. The first kappa shape index (κ1) is 9.16. The van der Waals surface area contributed by atoms with E-state index < -0.39 is 0 Å². The predicted octanol–water partition coefficient (Wildman–Crippen LogP) is 2.49. The van der Waals surface area contributed by atoms with Crippen molar-refractivity contribution in [3.8, 4) is 0 Å². The minimum atomic E-state index is 0.624. The van der Waals surface area contributed by atoms with Crippen LogP contribution < -0.4 is 0 Å². The largest absolute Gasteiger partial charge is 0.378 e. The van der Waals surface area contributed by atoms with Gasteiger partial charge in [0.2, 0.25) is 0 Å². The first-order chi connectivity index (χ1) is 5.27. The van der Waals surface area contributed by atoms with Gasteiger partial charge in [-0.05, 0) is 6.92 Å². The van der Waals surface area contributed by atoms with Gasteiger partial charge < -0.3 is 4.74 Å². The summed E-state index contributed by atoms with van der Waals surface area (Å²) in [6, 6.07) is 0. The molecule has 0 spiro atoms. The lowest BCUT2D eigenvalue weighted by Crippen LogP contribution is -1.84. The molecule has 62 valence electrons. The summed E-state index contributed by atoms with van der Waals surface area (Å²) in [5, 5.41) is 1.94. The van der Waals surface area contributed by atoms with Gasteiger partial charge in [0.25, 0.3) is 0 Å². The summed E-state index contributed by atoms with van der Waals surface area (Å²) in [6.45, 7) is 2.64. The molecule has 1 aromatic heterocycles. The molecule has 0 aromatic carbocycles. The molecule has 0 amide bonds. The summed E-state index contributed by atoms with van der Waals surface area (Å²) in [5.41, 5.74) is 1.11. The van der Waals surface area contributed by atoms with Crippen LogP contribution in [0.5, 0.6) is 0 Å². The van der Waals surface area contributed by atoms with E-state index in [9.17, 15) is 0 Å². The zero-order valence-electron chi connectivity index (χ0n) is 6.56. The molecule has 0 bridgehead atoms. The Labute approximate surface area is 78.7 Å². The monoisotopic (exact) mass is 235 g/mol. The third-order valence-electron chi connectivity index (χ3n) is 1.33. The number of ether oxygens (including phenoxy) is 1. The second kappa shape index (κ2) is 4.18. The Morgan fingerprint density at radius 1 is 1.64 bits per heavy atom. The summed E-state index contributed by atoms with van der Waals surface area (Å²) >= 11 is 5.10. The van der Waals surface area contributed by atoms with Crippen LogP contribution in [0.15, 0.2) is 0 Å². The molecule has 0 fully saturated rings. The van der Waals surface area contributed by atoms with Crippen LogP contribution in [0.2, 0.25) is 0 Å². The van der Waals surface area contributed by atoms with E-state index in [1.165, 1.54) is 4.88 Å². The first-order valence-electron chi connectivity index (χ1n) is 3.28. The molecule has 1 heterocycles. The number of hydrogen-bond donors (Lipinski definition) is 0. The molecule has 11 heavy (non-hydrogen) atoms. The molecule has 0 radical (unpaired) electrons. The second-order valence-electron chi connectivity index (χ2n) is 2.18. The van der Waals surface area contributed by atoms with Crippen molar-refractivity contribution < 1.29 is 4.74 Å². The maximum Gasteiger partial charge on any atom is 0.119 e. The first-order valence-corrected chi connectivity index (χ1v) is 5.21. The van der Waals surface area contributed by atoms with Gasteiger partial charge in [0.1, 0.15) is 5.01 Å². The van der Waals surface area contributed by atoms with E-state index in [1.807, 2.05) is 6.92 Å². The minimum absolute atomic E-state index is 0.624. The number of alkyl halides is 1. The zero-order valence-corrected chi connectivity index (χ0v) is 8.96. The van der Waals surface area contributed by atoms with E-state index in [1.54, 1.807) is 18.4 Å². The van der Waals surface area contributed by atoms with Crippen molar-refractivity contribution in [1.82, 2.24) is 4.98 Å². The van der Waals surface area contributed by atoms with Crippen molar-refractivity contribution in [1.29, 1.82) is 0 Å². The lowest BCUT2D eigenvalue weighted by Gasteiger charge is -1.88. The fourth-order valence-electron chi connectivity index (χ4n) is 0.797. The van der Waals surface area contributed by atoms with E-state index in [-0.39, 0.29) is 0 Å². The summed E-state index contributed by atoms with van der Waals surface area (Å²) < 4.78 is 4.97. The molecular weight excluding hydrogens is 226 g/mol. The number of rotatable bonds is 3. The molecule has 1 aromatic rings. The third-order valence-corrected chi connectivity index (χ3v) is 3.39. The number of methoxy groups -OCH3 is 1. The molecule has 1 rings (SSSR count). The van der Waals surface area contributed by atoms with Gasteiger partial charge in [0.15, 0.2) is 0 Å². The summed E-state index contributed by atoms with van der Waals surface area (Å²) in [5.74, 6) is 0. The second-order valence-corrected chi connectivity index (χ2v) is 3.91. The summed E-state index contributed by atoms with van der Waals surface area (Å²) in [7, 11) is 1.69. The molecule has 0 aliphatic heterocycles. The van der Waals surface area contributed by atoms with Crippen LogP contribution in [0.4, 0.5) is 0 Å². The van der Waals surface area contributed by atoms with Crippen molar-refractivity contribution >= 4 is 27.3 Å².